The van der Waals surface area contributed by atoms with E-state index in [9.17, 15) is 8.42 Å². The van der Waals surface area contributed by atoms with E-state index in [1.54, 1.807) is 29.5 Å². The number of halogens is 1. The Kier molecular flexibility index (Phi) is 5.38. The first-order chi connectivity index (χ1) is 11.1. The molecule has 1 aromatic carbocycles. The number of likely N-dealkylation sites (tertiary alicyclic amines) is 1. The lowest BCUT2D eigenvalue weighted by Gasteiger charge is -2.26. The maximum Gasteiger partial charge on any atom is 0.240 e. The summed E-state index contributed by atoms with van der Waals surface area (Å²) in [6, 6.07) is 10.5. The highest BCUT2D eigenvalue weighted by atomic mass is 35.5. The molecule has 1 aliphatic heterocycles. The molecule has 2 aromatic rings. The normalized spacial score (nSPS) is 17.4. The van der Waals surface area contributed by atoms with Gasteiger partial charge in [-0.2, -0.15) is 0 Å². The Morgan fingerprint density at radius 2 is 2.00 bits per heavy atom. The third-order valence-electron chi connectivity index (χ3n) is 4.03. The Labute approximate surface area is 146 Å². The van der Waals surface area contributed by atoms with Crippen molar-refractivity contribution in [3.05, 3.63) is 51.7 Å². The molecule has 1 aromatic heterocycles. The fourth-order valence-corrected chi connectivity index (χ4v) is 5.05. The number of hydrogen-bond acceptors (Lipinski definition) is 4. The highest BCUT2D eigenvalue weighted by molar-refractivity contribution is 7.89. The van der Waals surface area contributed by atoms with Gasteiger partial charge in [0.1, 0.15) is 0 Å². The summed E-state index contributed by atoms with van der Waals surface area (Å²) in [5.74, 6) is 0. The number of rotatable bonds is 6. The van der Waals surface area contributed by atoms with Gasteiger partial charge in [0, 0.05) is 16.4 Å². The van der Waals surface area contributed by atoms with Gasteiger partial charge in [-0.05, 0) is 55.6 Å². The lowest BCUT2D eigenvalue weighted by molar-refractivity contribution is 0.250. The second-order valence-corrected chi connectivity index (χ2v) is 8.77. The Morgan fingerprint density at radius 1 is 1.22 bits per heavy atom. The largest absolute Gasteiger partial charge is 0.294 e. The van der Waals surface area contributed by atoms with E-state index in [4.69, 9.17) is 11.6 Å². The molecule has 7 heteroatoms. The van der Waals surface area contributed by atoms with E-state index >= 15 is 0 Å². The van der Waals surface area contributed by atoms with Crippen molar-refractivity contribution in [2.24, 2.45) is 0 Å². The van der Waals surface area contributed by atoms with Crippen LogP contribution in [0.1, 0.15) is 23.8 Å². The van der Waals surface area contributed by atoms with E-state index in [0.29, 0.717) is 11.6 Å². The van der Waals surface area contributed by atoms with Crippen LogP contribution >= 0.6 is 22.9 Å². The third-order valence-corrected chi connectivity index (χ3v) is 6.66. The standard InChI is InChI=1S/C16H19ClN2O2S2/c17-13-5-3-6-14(11-13)23(20,21)18-12-15(16-7-4-10-22-16)19-8-1-2-9-19/h3-7,10-11,15,18H,1-2,8-9,12H2. The lowest BCUT2D eigenvalue weighted by atomic mass is 10.2. The van der Waals surface area contributed by atoms with Gasteiger partial charge in [0.25, 0.3) is 0 Å². The van der Waals surface area contributed by atoms with Gasteiger partial charge in [0.2, 0.25) is 10.0 Å². The monoisotopic (exact) mass is 370 g/mol. The van der Waals surface area contributed by atoms with Gasteiger partial charge in [-0.1, -0.05) is 23.7 Å². The maximum atomic E-state index is 12.5. The quantitative estimate of drug-likeness (QED) is 0.846. The van der Waals surface area contributed by atoms with Crippen LogP contribution in [0.3, 0.4) is 0 Å². The van der Waals surface area contributed by atoms with Crippen LogP contribution in [0.2, 0.25) is 5.02 Å². The van der Waals surface area contributed by atoms with E-state index in [0.717, 1.165) is 13.1 Å². The molecular formula is C16H19ClN2O2S2. The number of benzene rings is 1. The minimum atomic E-state index is -3.55. The number of thiophene rings is 1. The minimum absolute atomic E-state index is 0.0893. The lowest BCUT2D eigenvalue weighted by Crippen LogP contribution is -2.36. The van der Waals surface area contributed by atoms with E-state index in [1.165, 1.54) is 23.8 Å². The van der Waals surface area contributed by atoms with Crippen LogP contribution in [0.25, 0.3) is 0 Å². The molecule has 1 saturated heterocycles. The van der Waals surface area contributed by atoms with E-state index in [-0.39, 0.29) is 10.9 Å². The summed E-state index contributed by atoms with van der Waals surface area (Å²) < 4.78 is 27.7. The Bertz CT molecular complexity index is 741. The van der Waals surface area contributed by atoms with Crippen molar-refractivity contribution >= 4 is 33.0 Å². The summed E-state index contributed by atoms with van der Waals surface area (Å²) in [6.45, 7) is 2.40. The molecule has 0 aliphatic carbocycles. The van der Waals surface area contributed by atoms with E-state index < -0.39 is 10.0 Å². The average Bonchev–Trinajstić information content (AvgIpc) is 3.21. The first-order valence-corrected chi connectivity index (χ1v) is 10.3. The van der Waals surface area contributed by atoms with Crippen LogP contribution in [0.4, 0.5) is 0 Å². The Morgan fingerprint density at radius 3 is 2.65 bits per heavy atom. The van der Waals surface area contributed by atoms with Gasteiger partial charge in [0.15, 0.2) is 0 Å². The van der Waals surface area contributed by atoms with Crippen molar-refractivity contribution in [1.82, 2.24) is 9.62 Å². The first-order valence-electron chi connectivity index (χ1n) is 7.59. The Balaban J connectivity index is 1.76. The maximum absolute atomic E-state index is 12.5. The summed E-state index contributed by atoms with van der Waals surface area (Å²) in [5.41, 5.74) is 0. The van der Waals surface area contributed by atoms with Crippen LogP contribution in [-0.2, 0) is 10.0 Å². The van der Waals surface area contributed by atoms with Crippen molar-refractivity contribution in [1.29, 1.82) is 0 Å². The molecule has 0 bridgehead atoms. The molecule has 2 heterocycles. The van der Waals surface area contributed by atoms with Crippen molar-refractivity contribution in [2.45, 2.75) is 23.8 Å². The van der Waals surface area contributed by atoms with Crippen LogP contribution in [0, 0.1) is 0 Å². The van der Waals surface area contributed by atoms with Crippen LogP contribution in [0.15, 0.2) is 46.7 Å². The van der Waals surface area contributed by atoms with Gasteiger partial charge in [-0.15, -0.1) is 11.3 Å². The third kappa shape index (κ3) is 4.14. The van der Waals surface area contributed by atoms with Crippen LogP contribution < -0.4 is 4.72 Å². The zero-order chi connectivity index (χ0) is 16.3. The Hall–Kier alpha value is -0.920. The number of nitrogens with zero attached hydrogens (tertiary/aromatic N) is 1. The highest BCUT2D eigenvalue weighted by Gasteiger charge is 2.26. The van der Waals surface area contributed by atoms with E-state index in [2.05, 4.69) is 15.7 Å². The molecule has 1 fully saturated rings. The van der Waals surface area contributed by atoms with Gasteiger partial charge in [-0.3, -0.25) is 4.90 Å². The van der Waals surface area contributed by atoms with Crippen LogP contribution in [-0.4, -0.2) is 33.0 Å². The smallest absolute Gasteiger partial charge is 0.240 e. The van der Waals surface area contributed by atoms with Crippen molar-refractivity contribution in [3.63, 3.8) is 0 Å². The summed E-state index contributed by atoms with van der Waals surface area (Å²) in [5, 5.41) is 2.45. The molecule has 3 rings (SSSR count). The molecule has 0 saturated carbocycles. The molecule has 1 unspecified atom stereocenters. The molecule has 1 atom stereocenters. The molecule has 124 valence electrons. The number of nitrogens with one attached hydrogen (secondary N) is 1. The van der Waals surface area contributed by atoms with Crippen molar-refractivity contribution in [2.75, 3.05) is 19.6 Å². The molecular weight excluding hydrogens is 352 g/mol. The van der Waals surface area contributed by atoms with Crippen molar-refractivity contribution < 1.29 is 8.42 Å². The number of hydrogen-bond donors (Lipinski definition) is 1. The van der Waals surface area contributed by atoms with Gasteiger partial charge >= 0.3 is 0 Å². The molecule has 1 N–H and O–H groups in total. The minimum Gasteiger partial charge on any atom is -0.294 e. The molecule has 1 aliphatic rings. The zero-order valence-corrected chi connectivity index (χ0v) is 15.0. The SMILES string of the molecule is O=S(=O)(NCC(c1cccs1)N1CCCC1)c1cccc(Cl)c1. The molecule has 0 radical (unpaired) electrons. The molecule has 23 heavy (non-hydrogen) atoms. The molecule has 4 nitrogen and oxygen atoms in total. The fraction of sp³-hybridized carbons (Fsp3) is 0.375. The average molecular weight is 371 g/mol. The fourth-order valence-electron chi connectivity index (χ4n) is 2.85. The van der Waals surface area contributed by atoms with Crippen LogP contribution in [0.5, 0.6) is 0 Å². The second kappa shape index (κ2) is 7.32. The van der Waals surface area contributed by atoms with E-state index in [1.807, 2.05) is 11.4 Å². The molecule has 0 amide bonds. The molecule has 0 spiro atoms. The summed E-state index contributed by atoms with van der Waals surface area (Å²) in [6.07, 6.45) is 2.34. The van der Waals surface area contributed by atoms with Gasteiger partial charge in [-0.25, -0.2) is 13.1 Å². The van der Waals surface area contributed by atoms with Crippen molar-refractivity contribution in [3.8, 4) is 0 Å². The first kappa shape index (κ1) is 16.9. The summed E-state index contributed by atoms with van der Waals surface area (Å²) in [4.78, 5) is 3.75. The second-order valence-electron chi connectivity index (χ2n) is 5.58. The zero-order valence-electron chi connectivity index (χ0n) is 12.6. The van der Waals surface area contributed by atoms with Gasteiger partial charge < -0.3 is 0 Å². The highest BCUT2D eigenvalue weighted by Crippen LogP contribution is 2.28. The number of sulfonamides is 1. The summed E-state index contributed by atoms with van der Waals surface area (Å²) >= 11 is 7.57. The predicted octanol–water partition coefficient (Wildman–Crippen LogP) is 3.52. The van der Waals surface area contributed by atoms with Gasteiger partial charge in [0.05, 0.1) is 10.9 Å². The summed E-state index contributed by atoms with van der Waals surface area (Å²) in [7, 11) is -3.55. The predicted molar refractivity (Wildman–Crippen MR) is 94.5 cm³/mol. The topological polar surface area (TPSA) is 49.4 Å².